The summed E-state index contributed by atoms with van der Waals surface area (Å²) in [6.45, 7) is -1.23. The summed E-state index contributed by atoms with van der Waals surface area (Å²) in [4.78, 5) is 0. The average Bonchev–Trinajstić information content (AvgIpc) is 2.40. The summed E-state index contributed by atoms with van der Waals surface area (Å²) in [6, 6.07) is 4.34. The van der Waals surface area contributed by atoms with Crippen molar-refractivity contribution in [3.63, 3.8) is 0 Å². The summed E-state index contributed by atoms with van der Waals surface area (Å²) in [5.41, 5.74) is 0.0188. The molecule has 2 unspecified atom stereocenters. The van der Waals surface area contributed by atoms with Crippen molar-refractivity contribution in [2.24, 2.45) is 5.92 Å². The van der Waals surface area contributed by atoms with E-state index in [1.54, 1.807) is 13.0 Å². The number of aryl methyl sites for hydroxylation is 1. The Morgan fingerprint density at radius 3 is 2.57 bits per heavy atom. The van der Waals surface area contributed by atoms with Crippen molar-refractivity contribution in [2.45, 2.75) is 52.1 Å². The van der Waals surface area contributed by atoms with Gasteiger partial charge in [-0.05, 0) is 38.2 Å². The topological polar surface area (TPSA) is 9.23 Å². The van der Waals surface area contributed by atoms with Crippen molar-refractivity contribution in [1.82, 2.24) is 0 Å². The molecule has 0 spiro atoms. The smallest absolute Gasteiger partial charge is 0.493 e. The maximum absolute atomic E-state index is 13.1. The van der Waals surface area contributed by atoms with Crippen LogP contribution < -0.4 is 61.6 Å². The SMILES string of the molecule is CCC1CCCC(Oc2ccc(C)cc2[B-](F)(F)F)C1.[K+]. The monoisotopic (exact) mass is 324 g/mol. The zero-order chi connectivity index (χ0) is 14.8. The van der Waals surface area contributed by atoms with Gasteiger partial charge in [0.15, 0.2) is 0 Å². The van der Waals surface area contributed by atoms with Crippen LogP contribution in [0.2, 0.25) is 0 Å². The molecule has 1 nitrogen and oxygen atoms in total. The Kier molecular flexibility index (Phi) is 7.81. The van der Waals surface area contributed by atoms with Crippen molar-refractivity contribution in [1.29, 1.82) is 0 Å². The summed E-state index contributed by atoms with van der Waals surface area (Å²) < 4.78 is 45.0. The van der Waals surface area contributed by atoms with E-state index >= 15 is 0 Å². The molecule has 6 heteroatoms. The molecule has 0 aliphatic heterocycles. The van der Waals surface area contributed by atoms with Gasteiger partial charge in [-0.25, -0.2) is 0 Å². The van der Waals surface area contributed by atoms with Gasteiger partial charge in [-0.1, -0.05) is 42.9 Å². The molecule has 2 rings (SSSR count). The van der Waals surface area contributed by atoms with E-state index in [0.717, 1.165) is 25.7 Å². The van der Waals surface area contributed by atoms with Crippen LogP contribution in [0.15, 0.2) is 18.2 Å². The Balaban J connectivity index is 0.00000220. The first-order valence-electron chi connectivity index (χ1n) is 7.37. The number of hydrogen-bond acceptors (Lipinski definition) is 1. The minimum absolute atomic E-state index is 0. The summed E-state index contributed by atoms with van der Waals surface area (Å²) >= 11 is 0. The summed E-state index contributed by atoms with van der Waals surface area (Å²) in [7, 11) is 0. The molecular formula is C15H21BF3KO. The fraction of sp³-hybridized carbons (Fsp3) is 0.600. The Morgan fingerprint density at radius 1 is 1.24 bits per heavy atom. The zero-order valence-electron chi connectivity index (χ0n) is 13.0. The van der Waals surface area contributed by atoms with Crippen molar-refractivity contribution in [3.05, 3.63) is 23.8 Å². The van der Waals surface area contributed by atoms with E-state index in [2.05, 4.69) is 6.92 Å². The van der Waals surface area contributed by atoms with Crippen molar-refractivity contribution in [3.8, 4) is 5.75 Å². The molecule has 0 amide bonds. The van der Waals surface area contributed by atoms with Crippen LogP contribution in [0.3, 0.4) is 0 Å². The average molecular weight is 324 g/mol. The number of ether oxygens (including phenoxy) is 1. The quantitative estimate of drug-likeness (QED) is 0.761. The Hall–Kier alpha value is 0.511. The molecular weight excluding hydrogens is 303 g/mol. The van der Waals surface area contributed by atoms with Crippen LogP contribution in [0.4, 0.5) is 12.9 Å². The third-order valence-electron chi connectivity index (χ3n) is 4.12. The predicted molar refractivity (Wildman–Crippen MR) is 76.6 cm³/mol. The standard InChI is InChI=1S/C15H21BF3O.K/c1-3-12-5-4-6-13(10-12)20-15-8-7-11(2)9-14(15)16(17,18)19;/h7-9,12-13H,3-6,10H2,1-2H3;/q-1;+1. The number of benzene rings is 1. The van der Waals surface area contributed by atoms with Crippen LogP contribution in [0.25, 0.3) is 0 Å². The normalized spacial score (nSPS) is 22.5. The van der Waals surface area contributed by atoms with Gasteiger partial charge in [-0.3, -0.25) is 0 Å². The van der Waals surface area contributed by atoms with Crippen LogP contribution in [-0.4, -0.2) is 13.1 Å². The molecule has 0 aromatic heterocycles. The van der Waals surface area contributed by atoms with E-state index in [-0.39, 0.29) is 63.2 Å². The Labute approximate surface area is 167 Å². The van der Waals surface area contributed by atoms with E-state index in [9.17, 15) is 12.9 Å². The molecule has 0 bridgehead atoms. The minimum Gasteiger partial charge on any atom is -0.493 e. The van der Waals surface area contributed by atoms with Crippen LogP contribution in [-0.2, 0) is 0 Å². The fourth-order valence-corrected chi connectivity index (χ4v) is 2.93. The maximum atomic E-state index is 13.1. The van der Waals surface area contributed by atoms with Gasteiger partial charge in [0, 0.05) is 0 Å². The molecule has 1 aromatic rings. The first-order chi connectivity index (χ1) is 9.40. The van der Waals surface area contributed by atoms with Crippen LogP contribution >= 0.6 is 0 Å². The maximum Gasteiger partial charge on any atom is 1.00 e. The molecule has 1 aromatic carbocycles. The molecule has 0 radical (unpaired) electrons. The Bertz CT molecular complexity index is 465. The number of halogens is 3. The van der Waals surface area contributed by atoms with E-state index in [1.807, 2.05) is 0 Å². The number of rotatable bonds is 4. The fourth-order valence-electron chi connectivity index (χ4n) is 2.93. The largest absolute Gasteiger partial charge is 1.00 e. The second kappa shape index (κ2) is 8.39. The first kappa shape index (κ1) is 19.6. The van der Waals surface area contributed by atoms with Gasteiger partial charge >= 0.3 is 58.4 Å². The van der Waals surface area contributed by atoms with Gasteiger partial charge in [-0.15, -0.1) is 0 Å². The summed E-state index contributed by atoms with van der Waals surface area (Å²) in [6.07, 6.45) is 4.93. The molecule has 21 heavy (non-hydrogen) atoms. The molecule has 1 aliphatic rings. The van der Waals surface area contributed by atoms with E-state index in [0.29, 0.717) is 11.5 Å². The van der Waals surface area contributed by atoms with Gasteiger partial charge in [-0.2, -0.15) is 0 Å². The second-order valence-electron chi connectivity index (χ2n) is 5.80. The van der Waals surface area contributed by atoms with Gasteiger partial charge < -0.3 is 17.7 Å². The van der Waals surface area contributed by atoms with Crippen LogP contribution in [0.5, 0.6) is 5.75 Å². The van der Waals surface area contributed by atoms with Gasteiger partial charge in [0.1, 0.15) is 0 Å². The van der Waals surface area contributed by atoms with E-state index in [1.165, 1.54) is 18.6 Å². The predicted octanol–water partition coefficient (Wildman–Crippen LogP) is 1.40. The van der Waals surface area contributed by atoms with E-state index < -0.39 is 12.4 Å². The van der Waals surface area contributed by atoms with Gasteiger partial charge in [0.05, 0.1) is 11.9 Å². The molecule has 2 atom stereocenters. The summed E-state index contributed by atoms with van der Waals surface area (Å²) in [5.74, 6) is 0.587. The summed E-state index contributed by atoms with van der Waals surface area (Å²) in [5, 5.41) is 0. The van der Waals surface area contributed by atoms with E-state index in [4.69, 9.17) is 4.74 Å². The third-order valence-corrected chi connectivity index (χ3v) is 4.12. The molecule has 1 aliphatic carbocycles. The molecule has 1 fully saturated rings. The van der Waals surface area contributed by atoms with Gasteiger partial charge in [0.2, 0.25) is 0 Å². The van der Waals surface area contributed by atoms with Crippen molar-refractivity contribution >= 4 is 12.4 Å². The first-order valence-corrected chi connectivity index (χ1v) is 7.37. The molecule has 1 saturated carbocycles. The van der Waals surface area contributed by atoms with Crippen molar-refractivity contribution < 1.29 is 69.1 Å². The van der Waals surface area contributed by atoms with Crippen molar-refractivity contribution in [2.75, 3.05) is 0 Å². The molecule has 0 heterocycles. The molecule has 0 N–H and O–H groups in total. The number of hydrogen-bond donors (Lipinski definition) is 0. The minimum atomic E-state index is -5.03. The van der Waals surface area contributed by atoms with Crippen LogP contribution in [0.1, 0.15) is 44.6 Å². The van der Waals surface area contributed by atoms with Crippen LogP contribution in [0, 0.1) is 12.8 Å². The van der Waals surface area contributed by atoms with Gasteiger partial charge in [0.25, 0.3) is 0 Å². The molecule has 0 saturated heterocycles. The Morgan fingerprint density at radius 2 is 1.95 bits per heavy atom. The third kappa shape index (κ3) is 5.57. The molecule has 112 valence electrons. The zero-order valence-corrected chi connectivity index (χ0v) is 16.2. The second-order valence-corrected chi connectivity index (χ2v) is 5.80.